The van der Waals surface area contributed by atoms with Crippen molar-refractivity contribution in [3.8, 4) is 11.1 Å². The molecule has 1 aliphatic carbocycles. The maximum Gasteiger partial charge on any atom is 0.407 e. The van der Waals surface area contributed by atoms with E-state index in [2.05, 4.69) is 17.4 Å². The molecule has 1 unspecified atom stereocenters. The summed E-state index contributed by atoms with van der Waals surface area (Å²) in [6.07, 6.45) is -0.687. The summed E-state index contributed by atoms with van der Waals surface area (Å²) in [4.78, 5) is 40.8. The minimum absolute atomic E-state index is 0.0322. The number of benzene rings is 2. The van der Waals surface area contributed by atoms with Gasteiger partial charge in [-0.15, -0.1) is 0 Å². The summed E-state index contributed by atoms with van der Waals surface area (Å²) in [6.45, 7) is 0.981. The average molecular weight is 482 g/mol. The number of aliphatic carboxylic acids is 1. The number of nitrogens with one attached hydrogen (secondary N) is 1. The van der Waals surface area contributed by atoms with Crippen molar-refractivity contribution in [3.63, 3.8) is 0 Å². The third-order valence-corrected chi connectivity index (χ3v) is 6.41. The predicted molar refractivity (Wildman–Crippen MR) is 129 cm³/mol. The number of alkyl carbamates (subject to hydrolysis) is 1. The van der Waals surface area contributed by atoms with Crippen LogP contribution in [0, 0.1) is 5.92 Å². The monoisotopic (exact) mass is 481 g/mol. The lowest BCUT2D eigenvalue weighted by Gasteiger charge is -2.29. The molecule has 9 nitrogen and oxygen atoms in total. The van der Waals surface area contributed by atoms with Crippen molar-refractivity contribution in [2.24, 2.45) is 5.92 Å². The molecule has 1 heterocycles. The highest BCUT2D eigenvalue weighted by atomic mass is 16.5. The molecule has 2 amide bonds. The number of hydrogen-bond acceptors (Lipinski definition) is 6. The third-order valence-electron chi connectivity index (χ3n) is 6.41. The van der Waals surface area contributed by atoms with Gasteiger partial charge in [0.1, 0.15) is 12.6 Å². The highest BCUT2D eigenvalue weighted by molar-refractivity contribution is 5.86. The second-order valence-electron chi connectivity index (χ2n) is 9.18. The molecule has 2 N–H and O–H groups in total. The second kappa shape index (κ2) is 10.9. The quantitative estimate of drug-likeness (QED) is 0.623. The Bertz CT molecular complexity index is 1040. The number of fused-ring (bicyclic) bond motifs is 3. The highest BCUT2D eigenvalue weighted by Crippen LogP contribution is 2.44. The Morgan fingerprint density at radius 1 is 1.11 bits per heavy atom. The largest absolute Gasteiger partial charge is 0.481 e. The van der Waals surface area contributed by atoms with E-state index >= 15 is 0 Å². The molecule has 4 rings (SSSR count). The van der Waals surface area contributed by atoms with Crippen LogP contribution in [0.4, 0.5) is 4.79 Å². The van der Waals surface area contributed by atoms with E-state index < -0.39 is 24.0 Å². The van der Waals surface area contributed by atoms with Gasteiger partial charge in [-0.3, -0.25) is 9.59 Å². The highest BCUT2D eigenvalue weighted by Gasteiger charge is 2.33. The molecular weight excluding hydrogens is 450 g/mol. The van der Waals surface area contributed by atoms with Gasteiger partial charge in [-0.25, -0.2) is 4.79 Å². The molecule has 1 fully saturated rings. The van der Waals surface area contributed by atoms with Crippen molar-refractivity contribution in [2.75, 3.05) is 53.6 Å². The Kier molecular flexibility index (Phi) is 7.67. The zero-order chi connectivity index (χ0) is 24.9. The van der Waals surface area contributed by atoms with E-state index in [1.54, 1.807) is 19.0 Å². The topological polar surface area (TPSA) is 108 Å². The van der Waals surface area contributed by atoms with E-state index in [4.69, 9.17) is 9.47 Å². The van der Waals surface area contributed by atoms with Crippen molar-refractivity contribution in [3.05, 3.63) is 59.7 Å². The number of hydrogen-bond donors (Lipinski definition) is 2. The zero-order valence-electron chi connectivity index (χ0n) is 20.0. The molecule has 2 aromatic rings. The SMILES string of the molecule is CN(C)C[C@H](NC(=O)OCC1c2ccccc2-c2ccccc21)C(=O)N1CCOCC(C(=O)O)C1. The molecule has 35 heavy (non-hydrogen) atoms. The van der Waals surface area contributed by atoms with Gasteiger partial charge in [0.15, 0.2) is 0 Å². The molecule has 186 valence electrons. The van der Waals surface area contributed by atoms with Gasteiger partial charge in [0.2, 0.25) is 5.91 Å². The van der Waals surface area contributed by atoms with E-state index in [1.165, 1.54) is 4.90 Å². The molecule has 2 aliphatic rings. The average Bonchev–Trinajstić information content (AvgIpc) is 2.97. The Hall–Kier alpha value is -3.43. The number of nitrogens with zero attached hydrogens (tertiary/aromatic N) is 2. The molecule has 2 atom stereocenters. The maximum absolute atomic E-state index is 13.3. The van der Waals surface area contributed by atoms with E-state index in [0.29, 0.717) is 0 Å². The first-order chi connectivity index (χ1) is 16.8. The van der Waals surface area contributed by atoms with Gasteiger partial charge in [-0.05, 0) is 36.3 Å². The number of amides is 2. The Balaban J connectivity index is 1.43. The summed E-state index contributed by atoms with van der Waals surface area (Å²) < 4.78 is 11.0. The Morgan fingerprint density at radius 2 is 1.74 bits per heavy atom. The van der Waals surface area contributed by atoms with E-state index in [0.717, 1.165) is 22.3 Å². The lowest BCUT2D eigenvalue weighted by atomic mass is 9.98. The molecule has 0 bridgehead atoms. The van der Waals surface area contributed by atoms with Crippen LogP contribution in [-0.2, 0) is 19.1 Å². The second-order valence-corrected chi connectivity index (χ2v) is 9.18. The number of ether oxygens (including phenoxy) is 2. The molecule has 9 heteroatoms. The van der Waals surface area contributed by atoms with Crippen molar-refractivity contribution >= 4 is 18.0 Å². The molecular formula is C26H31N3O6. The van der Waals surface area contributed by atoms with Gasteiger partial charge in [-0.1, -0.05) is 48.5 Å². The van der Waals surface area contributed by atoms with Gasteiger partial charge in [0.05, 0.1) is 19.1 Å². The number of carbonyl (C=O) groups excluding carboxylic acids is 2. The number of rotatable bonds is 7. The van der Waals surface area contributed by atoms with Crippen LogP contribution in [0.25, 0.3) is 11.1 Å². The van der Waals surface area contributed by atoms with Gasteiger partial charge in [0, 0.05) is 25.6 Å². The number of carboxylic acid groups (broad SMARTS) is 1. The van der Waals surface area contributed by atoms with Crippen molar-refractivity contribution < 1.29 is 29.0 Å². The summed E-state index contributed by atoms with van der Waals surface area (Å²) in [5, 5.41) is 12.1. The first-order valence-electron chi connectivity index (χ1n) is 11.7. The lowest BCUT2D eigenvalue weighted by molar-refractivity contribution is -0.144. The summed E-state index contributed by atoms with van der Waals surface area (Å²) >= 11 is 0. The molecule has 1 saturated heterocycles. The van der Waals surface area contributed by atoms with Crippen molar-refractivity contribution in [2.45, 2.75) is 12.0 Å². The molecule has 0 spiro atoms. The maximum atomic E-state index is 13.3. The lowest BCUT2D eigenvalue weighted by Crippen LogP contribution is -2.54. The van der Waals surface area contributed by atoms with Crippen LogP contribution < -0.4 is 5.32 Å². The molecule has 1 aliphatic heterocycles. The van der Waals surface area contributed by atoms with Crippen LogP contribution in [0.5, 0.6) is 0 Å². The minimum Gasteiger partial charge on any atom is -0.481 e. The van der Waals surface area contributed by atoms with Gasteiger partial charge in [0.25, 0.3) is 0 Å². The van der Waals surface area contributed by atoms with Crippen LogP contribution in [-0.4, -0.2) is 92.5 Å². The van der Waals surface area contributed by atoms with E-state index in [-0.39, 0.29) is 51.3 Å². The number of carbonyl (C=O) groups is 3. The Morgan fingerprint density at radius 3 is 2.34 bits per heavy atom. The predicted octanol–water partition coefficient (Wildman–Crippen LogP) is 2.01. The number of likely N-dealkylation sites (N-methyl/N-ethyl adjacent to an activating group) is 1. The van der Waals surface area contributed by atoms with Crippen molar-refractivity contribution in [1.29, 1.82) is 0 Å². The van der Waals surface area contributed by atoms with Crippen LogP contribution in [0.1, 0.15) is 17.0 Å². The number of carboxylic acids is 1. The standard InChI is InChI=1S/C26H31N3O6/c1-28(2)14-23(24(30)29-11-12-34-15-17(13-29)25(31)32)27-26(33)35-16-22-20-9-5-3-7-18(20)19-8-4-6-10-21(19)22/h3-10,17,22-23H,11-16H2,1-2H3,(H,27,33)(H,31,32)/t17?,23-/m0/s1. The summed E-state index contributed by atoms with van der Waals surface area (Å²) in [6, 6.07) is 15.3. The first kappa shape index (κ1) is 24.7. The molecule has 0 aromatic heterocycles. The van der Waals surface area contributed by atoms with Gasteiger partial charge >= 0.3 is 12.1 Å². The van der Waals surface area contributed by atoms with E-state index in [1.807, 2.05) is 36.4 Å². The molecule has 2 aromatic carbocycles. The zero-order valence-corrected chi connectivity index (χ0v) is 20.0. The first-order valence-corrected chi connectivity index (χ1v) is 11.7. The Labute approximate surface area is 204 Å². The summed E-state index contributed by atoms with van der Waals surface area (Å²) in [7, 11) is 3.59. The van der Waals surface area contributed by atoms with Crippen LogP contribution >= 0.6 is 0 Å². The van der Waals surface area contributed by atoms with Crippen LogP contribution in [0.15, 0.2) is 48.5 Å². The summed E-state index contributed by atoms with van der Waals surface area (Å²) in [5.74, 6) is -2.27. The van der Waals surface area contributed by atoms with Gasteiger partial charge < -0.3 is 29.7 Å². The normalized spacial score (nSPS) is 18.4. The summed E-state index contributed by atoms with van der Waals surface area (Å²) in [5.41, 5.74) is 4.47. The smallest absolute Gasteiger partial charge is 0.407 e. The third kappa shape index (κ3) is 5.63. The fraction of sp³-hybridized carbons (Fsp3) is 0.423. The fourth-order valence-electron chi connectivity index (χ4n) is 4.71. The van der Waals surface area contributed by atoms with Crippen molar-refractivity contribution in [1.82, 2.24) is 15.1 Å². The fourth-order valence-corrected chi connectivity index (χ4v) is 4.71. The van der Waals surface area contributed by atoms with E-state index in [9.17, 15) is 19.5 Å². The van der Waals surface area contributed by atoms with Gasteiger partial charge in [-0.2, -0.15) is 0 Å². The van der Waals surface area contributed by atoms with Crippen LogP contribution in [0.3, 0.4) is 0 Å². The van der Waals surface area contributed by atoms with Crippen LogP contribution in [0.2, 0.25) is 0 Å². The minimum atomic E-state index is -1.02. The molecule has 0 saturated carbocycles. The molecule has 0 radical (unpaired) electrons.